The van der Waals surface area contributed by atoms with E-state index in [0.717, 1.165) is 17.8 Å². The van der Waals surface area contributed by atoms with E-state index >= 15 is 0 Å². The van der Waals surface area contributed by atoms with Crippen LogP contribution in [0.5, 0.6) is 0 Å². The third-order valence-corrected chi connectivity index (χ3v) is 3.60. The summed E-state index contributed by atoms with van der Waals surface area (Å²) in [5, 5.41) is 17.7. The standard InChI is InChI=1S/C10H10BrF3O2S/c11-6-1-2-9(17-5-7(16)4-15)8(3-6)10(12,13)14/h1-3,7,15-16H,4-5H2. The van der Waals surface area contributed by atoms with Crippen LogP contribution in [0.2, 0.25) is 0 Å². The first-order valence-electron chi connectivity index (χ1n) is 4.63. The van der Waals surface area contributed by atoms with E-state index in [9.17, 15) is 13.2 Å². The van der Waals surface area contributed by atoms with Crippen molar-refractivity contribution in [3.05, 3.63) is 28.2 Å². The molecule has 0 heterocycles. The van der Waals surface area contributed by atoms with Gasteiger partial charge in [-0.15, -0.1) is 11.8 Å². The maximum atomic E-state index is 12.7. The van der Waals surface area contributed by atoms with Crippen LogP contribution in [0.3, 0.4) is 0 Å². The van der Waals surface area contributed by atoms with Gasteiger partial charge < -0.3 is 10.2 Å². The number of aliphatic hydroxyl groups excluding tert-OH is 2. The molecule has 0 aliphatic carbocycles. The average molecular weight is 331 g/mol. The minimum Gasteiger partial charge on any atom is -0.394 e. The van der Waals surface area contributed by atoms with E-state index < -0.39 is 24.5 Å². The number of thioether (sulfide) groups is 1. The molecule has 1 unspecified atom stereocenters. The minimum absolute atomic E-state index is 0.0151. The van der Waals surface area contributed by atoms with Gasteiger partial charge in [-0.05, 0) is 18.2 Å². The molecule has 0 saturated heterocycles. The Morgan fingerprint density at radius 1 is 1.35 bits per heavy atom. The lowest BCUT2D eigenvalue weighted by atomic mass is 10.2. The molecule has 0 bridgehead atoms. The summed E-state index contributed by atoms with van der Waals surface area (Å²) in [6.07, 6.45) is -5.46. The Labute approximate surface area is 109 Å². The van der Waals surface area contributed by atoms with E-state index in [1.807, 2.05) is 0 Å². The van der Waals surface area contributed by atoms with Crippen LogP contribution in [-0.2, 0) is 6.18 Å². The van der Waals surface area contributed by atoms with E-state index in [-0.39, 0.29) is 10.6 Å². The van der Waals surface area contributed by atoms with Crippen molar-refractivity contribution in [2.24, 2.45) is 0 Å². The van der Waals surface area contributed by atoms with Crippen LogP contribution in [-0.4, -0.2) is 28.7 Å². The van der Waals surface area contributed by atoms with E-state index in [2.05, 4.69) is 15.9 Å². The van der Waals surface area contributed by atoms with Gasteiger partial charge in [-0.3, -0.25) is 0 Å². The SMILES string of the molecule is OCC(O)CSc1ccc(Br)cc1C(F)(F)F. The van der Waals surface area contributed by atoms with Crippen molar-refractivity contribution < 1.29 is 23.4 Å². The van der Waals surface area contributed by atoms with Crippen LogP contribution in [0, 0.1) is 0 Å². The van der Waals surface area contributed by atoms with Crippen molar-refractivity contribution in [2.75, 3.05) is 12.4 Å². The van der Waals surface area contributed by atoms with E-state index in [4.69, 9.17) is 10.2 Å². The molecule has 96 valence electrons. The fraction of sp³-hybridized carbons (Fsp3) is 0.400. The summed E-state index contributed by atoms with van der Waals surface area (Å²) in [6, 6.07) is 3.83. The Hall–Kier alpha value is -0.240. The van der Waals surface area contributed by atoms with Crippen molar-refractivity contribution in [1.29, 1.82) is 0 Å². The Kier molecular flexibility index (Phi) is 5.30. The van der Waals surface area contributed by atoms with Crippen LogP contribution >= 0.6 is 27.7 Å². The van der Waals surface area contributed by atoms with Crippen molar-refractivity contribution >= 4 is 27.7 Å². The molecule has 2 nitrogen and oxygen atoms in total. The first-order chi connectivity index (χ1) is 7.84. The number of rotatable bonds is 4. The Morgan fingerprint density at radius 3 is 2.53 bits per heavy atom. The molecule has 0 aromatic heterocycles. The van der Waals surface area contributed by atoms with Gasteiger partial charge in [0, 0.05) is 15.1 Å². The molecule has 0 fully saturated rings. The second-order valence-electron chi connectivity index (χ2n) is 3.29. The predicted molar refractivity (Wildman–Crippen MR) is 63.0 cm³/mol. The van der Waals surface area contributed by atoms with Gasteiger partial charge in [-0.25, -0.2) is 0 Å². The second-order valence-corrected chi connectivity index (χ2v) is 5.26. The lowest BCUT2D eigenvalue weighted by Crippen LogP contribution is -2.15. The van der Waals surface area contributed by atoms with Gasteiger partial charge in [0.15, 0.2) is 0 Å². The molecule has 7 heteroatoms. The number of aliphatic hydroxyl groups is 2. The van der Waals surface area contributed by atoms with Crippen molar-refractivity contribution in [1.82, 2.24) is 0 Å². The molecule has 0 amide bonds. The average Bonchev–Trinajstić information content (AvgIpc) is 2.25. The number of halogens is 4. The summed E-state index contributed by atoms with van der Waals surface area (Å²) in [4.78, 5) is 0.0354. The Bertz CT molecular complexity index is 384. The van der Waals surface area contributed by atoms with Crippen LogP contribution in [0.4, 0.5) is 13.2 Å². The number of hydrogen-bond donors (Lipinski definition) is 2. The van der Waals surface area contributed by atoms with Crippen molar-refractivity contribution in [3.63, 3.8) is 0 Å². The number of hydrogen-bond acceptors (Lipinski definition) is 3. The quantitative estimate of drug-likeness (QED) is 0.834. The van der Waals surface area contributed by atoms with Gasteiger partial charge in [0.2, 0.25) is 0 Å². The molecule has 0 saturated carbocycles. The summed E-state index contributed by atoms with van der Waals surface area (Å²) >= 11 is 3.85. The fourth-order valence-electron chi connectivity index (χ4n) is 1.09. The maximum absolute atomic E-state index is 12.7. The molecule has 1 atom stereocenters. The highest BCUT2D eigenvalue weighted by Gasteiger charge is 2.33. The van der Waals surface area contributed by atoms with Crippen molar-refractivity contribution in [3.8, 4) is 0 Å². The highest BCUT2D eigenvalue weighted by molar-refractivity contribution is 9.10. The molecular formula is C10H10BrF3O2S. The maximum Gasteiger partial charge on any atom is 0.417 e. The van der Waals surface area contributed by atoms with Gasteiger partial charge >= 0.3 is 6.18 Å². The predicted octanol–water partition coefficient (Wildman–Crippen LogP) is 2.91. The summed E-state index contributed by atoms with van der Waals surface area (Å²) in [7, 11) is 0. The fourth-order valence-corrected chi connectivity index (χ4v) is 2.42. The van der Waals surface area contributed by atoms with Gasteiger partial charge in [-0.2, -0.15) is 13.2 Å². The smallest absolute Gasteiger partial charge is 0.394 e. The summed E-state index contributed by atoms with van der Waals surface area (Å²) in [5.41, 5.74) is -0.748. The van der Waals surface area contributed by atoms with Gasteiger partial charge in [0.25, 0.3) is 0 Å². The van der Waals surface area contributed by atoms with Gasteiger partial charge in [-0.1, -0.05) is 15.9 Å². The second kappa shape index (κ2) is 6.08. The summed E-state index contributed by atoms with van der Waals surface area (Å²) < 4.78 is 38.4. The summed E-state index contributed by atoms with van der Waals surface area (Å²) in [6.45, 7) is -0.467. The zero-order valence-electron chi connectivity index (χ0n) is 8.54. The normalized spacial score (nSPS) is 13.8. The Morgan fingerprint density at radius 2 is 2.00 bits per heavy atom. The van der Waals surface area contributed by atoms with E-state index in [1.54, 1.807) is 0 Å². The van der Waals surface area contributed by atoms with Crippen LogP contribution in [0.15, 0.2) is 27.6 Å². The van der Waals surface area contributed by atoms with Gasteiger partial charge in [0.1, 0.15) is 0 Å². The van der Waals surface area contributed by atoms with Crippen molar-refractivity contribution in [2.45, 2.75) is 17.2 Å². The zero-order valence-corrected chi connectivity index (χ0v) is 10.9. The molecule has 1 rings (SSSR count). The monoisotopic (exact) mass is 330 g/mol. The molecule has 2 N–H and O–H groups in total. The largest absolute Gasteiger partial charge is 0.417 e. The number of benzene rings is 1. The molecular weight excluding hydrogens is 321 g/mol. The lowest BCUT2D eigenvalue weighted by molar-refractivity contribution is -0.139. The van der Waals surface area contributed by atoms with E-state index in [0.29, 0.717) is 4.47 Å². The molecule has 0 radical (unpaired) electrons. The molecule has 0 aliphatic rings. The van der Waals surface area contributed by atoms with Gasteiger partial charge in [0.05, 0.1) is 18.3 Å². The first kappa shape index (κ1) is 14.8. The highest BCUT2D eigenvalue weighted by Crippen LogP contribution is 2.38. The Balaban J connectivity index is 2.91. The van der Waals surface area contributed by atoms with Crippen LogP contribution in [0.25, 0.3) is 0 Å². The van der Waals surface area contributed by atoms with Crippen LogP contribution < -0.4 is 0 Å². The van der Waals surface area contributed by atoms with Crippen LogP contribution in [0.1, 0.15) is 5.56 Å². The highest BCUT2D eigenvalue weighted by atomic mass is 79.9. The minimum atomic E-state index is -4.43. The molecule has 1 aromatic carbocycles. The molecule has 1 aromatic rings. The molecule has 17 heavy (non-hydrogen) atoms. The number of alkyl halides is 3. The molecule has 0 spiro atoms. The first-order valence-corrected chi connectivity index (χ1v) is 6.41. The topological polar surface area (TPSA) is 40.5 Å². The molecule has 0 aliphatic heterocycles. The zero-order chi connectivity index (χ0) is 13.1. The third-order valence-electron chi connectivity index (χ3n) is 1.89. The van der Waals surface area contributed by atoms with E-state index in [1.165, 1.54) is 12.1 Å². The lowest BCUT2D eigenvalue weighted by Gasteiger charge is -2.14. The third kappa shape index (κ3) is 4.50. The summed E-state index contributed by atoms with van der Waals surface area (Å²) in [5.74, 6) is 0.0151.